The second kappa shape index (κ2) is 13.8. The number of carbonyl (C=O) groups excluding carboxylic acids is 2. The smallest absolute Gasteiger partial charge is 0.245 e. The Hall–Kier alpha value is -4.31. The van der Waals surface area contributed by atoms with Crippen molar-refractivity contribution < 1.29 is 18.7 Å². The van der Waals surface area contributed by atoms with Gasteiger partial charge in [-0.3, -0.25) is 14.6 Å². The minimum atomic E-state index is -0.786. The second-order valence-corrected chi connectivity index (χ2v) is 11.0. The molecule has 2 aromatic heterocycles. The van der Waals surface area contributed by atoms with Crippen LogP contribution in [0.25, 0.3) is 22.8 Å². The zero-order chi connectivity index (χ0) is 30.3. The number of benzene rings is 2. The van der Waals surface area contributed by atoms with Crippen LogP contribution in [0.4, 0.5) is 4.39 Å². The van der Waals surface area contributed by atoms with Crippen molar-refractivity contribution in [3.8, 4) is 28.5 Å². The predicted molar refractivity (Wildman–Crippen MR) is 162 cm³/mol. The summed E-state index contributed by atoms with van der Waals surface area (Å²) < 4.78 is 20.7. The number of carbonyl (C=O) groups is 2. The number of amides is 2. The molecule has 4 aromatic rings. The molecule has 1 aliphatic carbocycles. The summed E-state index contributed by atoms with van der Waals surface area (Å²) in [5.41, 5.74) is 2.32. The van der Waals surface area contributed by atoms with Gasteiger partial charge in [0.15, 0.2) is 11.6 Å². The molecule has 9 nitrogen and oxygen atoms in total. The summed E-state index contributed by atoms with van der Waals surface area (Å²) in [6.45, 7) is 2.12. The molecule has 11 heteroatoms. The monoisotopic (exact) mass is 604 g/mol. The molecule has 1 saturated carbocycles. The standard InChI is InChI=1S/C32H34ClFN6O3/c1-21(41)36-28(19-22-7-10-25(34)11-8-22)32(42)39(26-5-3-4-6-26)17-18-40-31(24-9-12-29(43-2)27(33)20-24)37-30(38-40)23-13-15-35-16-14-23/h7-16,20,26,28H,3-6,17-19H2,1-2H3,(H,36,41)/t28-/m0/s1. The van der Waals surface area contributed by atoms with E-state index < -0.39 is 6.04 Å². The Kier molecular flexibility index (Phi) is 9.66. The van der Waals surface area contributed by atoms with Crippen molar-refractivity contribution >= 4 is 23.4 Å². The first-order valence-corrected chi connectivity index (χ1v) is 14.7. The summed E-state index contributed by atoms with van der Waals surface area (Å²) in [7, 11) is 1.56. The van der Waals surface area contributed by atoms with Crippen molar-refractivity contribution in [3.05, 3.63) is 83.4 Å². The first-order chi connectivity index (χ1) is 20.8. The Bertz CT molecular complexity index is 1560. The van der Waals surface area contributed by atoms with Gasteiger partial charge >= 0.3 is 0 Å². The summed E-state index contributed by atoms with van der Waals surface area (Å²) in [5.74, 6) is 0.842. The van der Waals surface area contributed by atoms with Gasteiger partial charge < -0.3 is 15.0 Å². The minimum Gasteiger partial charge on any atom is -0.495 e. The Morgan fingerprint density at radius 2 is 1.81 bits per heavy atom. The van der Waals surface area contributed by atoms with Crippen LogP contribution in [0.2, 0.25) is 5.02 Å². The number of ether oxygens (including phenoxy) is 1. The van der Waals surface area contributed by atoms with Crippen LogP contribution in [0.5, 0.6) is 5.75 Å². The molecule has 1 atom stereocenters. The first kappa shape index (κ1) is 30.2. The molecular formula is C32H34ClFN6O3. The van der Waals surface area contributed by atoms with Crippen LogP contribution in [-0.2, 0) is 22.6 Å². The highest BCUT2D eigenvalue weighted by molar-refractivity contribution is 6.32. The van der Waals surface area contributed by atoms with E-state index in [0.717, 1.165) is 42.4 Å². The van der Waals surface area contributed by atoms with Crippen LogP contribution >= 0.6 is 11.6 Å². The first-order valence-electron chi connectivity index (χ1n) is 14.3. The molecule has 0 unspecified atom stereocenters. The summed E-state index contributed by atoms with van der Waals surface area (Å²) in [4.78, 5) is 37.1. The van der Waals surface area contributed by atoms with E-state index in [1.54, 1.807) is 48.5 Å². The molecule has 0 radical (unpaired) electrons. The van der Waals surface area contributed by atoms with Crippen molar-refractivity contribution in [2.24, 2.45) is 0 Å². The molecule has 224 valence electrons. The number of pyridine rings is 1. The van der Waals surface area contributed by atoms with Gasteiger partial charge in [0.25, 0.3) is 0 Å². The molecular weight excluding hydrogens is 571 g/mol. The number of nitrogens with one attached hydrogen (secondary N) is 1. The molecule has 1 N–H and O–H groups in total. The molecule has 1 aliphatic rings. The van der Waals surface area contributed by atoms with E-state index in [-0.39, 0.29) is 30.1 Å². The van der Waals surface area contributed by atoms with Gasteiger partial charge in [0.1, 0.15) is 17.6 Å². The summed E-state index contributed by atoms with van der Waals surface area (Å²) in [6, 6.07) is 14.4. The van der Waals surface area contributed by atoms with Crippen molar-refractivity contribution in [2.45, 2.75) is 57.7 Å². The molecule has 2 heterocycles. The van der Waals surface area contributed by atoms with Crippen molar-refractivity contribution in [2.75, 3.05) is 13.7 Å². The number of aromatic nitrogens is 4. The van der Waals surface area contributed by atoms with Gasteiger partial charge in [0.05, 0.1) is 18.7 Å². The average Bonchev–Trinajstić information content (AvgIpc) is 3.69. The van der Waals surface area contributed by atoms with E-state index in [4.69, 9.17) is 26.4 Å². The molecule has 0 saturated heterocycles. The molecule has 0 spiro atoms. The van der Waals surface area contributed by atoms with Crippen LogP contribution < -0.4 is 10.1 Å². The third-order valence-corrected chi connectivity index (χ3v) is 7.95. The zero-order valence-corrected chi connectivity index (χ0v) is 24.9. The van der Waals surface area contributed by atoms with E-state index in [9.17, 15) is 14.0 Å². The highest BCUT2D eigenvalue weighted by Crippen LogP contribution is 2.31. The number of rotatable bonds is 11. The lowest BCUT2D eigenvalue weighted by atomic mass is 10.0. The minimum absolute atomic E-state index is 0.0408. The molecule has 1 fully saturated rings. The maximum absolute atomic E-state index is 14.1. The quantitative estimate of drug-likeness (QED) is 0.248. The van der Waals surface area contributed by atoms with Crippen molar-refractivity contribution in [1.82, 2.24) is 30.0 Å². The zero-order valence-electron chi connectivity index (χ0n) is 24.2. The molecule has 5 rings (SSSR count). The van der Waals surface area contributed by atoms with Gasteiger partial charge in [-0.1, -0.05) is 36.6 Å². The lowest BCUT2D eigenvalue weighted by molar-refractivity contribution is -0.138. The normalized spacial score (nSPS) is 14.0. The molecule has 2 aromatic carbocycles. The van der Waals surface area contributed by atoms with Crippen LogP contribution in [-0.4, -0.2) is 62.2 Å². The maximum Gasteiger partial charge on any atom is 0.245 e. The Morgan fingerprint density at radius 1 is 1.09 bits per heavy atom. The fraction of sp³-hybridized carbons (Fsp3) is 0.344. The molecule has 43 heavy (non-hydrogen) atoms. The second-order valence-electron chi connectivity index (χ2n) is 10.6. The summed E-state index contributed by atoms with van der Waals surface area (Å²) in [5, 5.41) is 8.10. The van der Waals surface area contributed by atoms with Crippen LogP contribution in [0.15, 0.2) is 67.0 Å². The number of halogens is 2. The molecule has 0 bridgehead atoms. The Balaban J connectivity index is 1.45. The topological polar surface area (TPSA) is 102 Å². The lowest BCUT2D eigenvalue weighted by Crippen LogP contribution is -2.52. The van der Waals surface area contributed by atoms with Crippen molar-refractivity contribution in [3.63, 3.8) is 0 Å². The van der Waals surface area contributed by atoms with Gasteiger partial charge in [-0.2, -0.15) is 5.10 Å². The number of methoxy groups -OCH3 is 1. The predicted octanol–water partition coefficient (Wildman–Crippen LogP) is 5.33. The van der Waals surface area contributed by atoms with E-state index in [1.807, 2.05) is 23.1 Å². The maximum atomic E-state index is 14.1. The van der Waals surface area contributed by atoms with Crippen molar-refractivity contribution in [1.29, 1.82) is 0 Å². The fourth-order valence-corrected chi connectivity index (χ4v) is 5.79. The summed E-state index contributed by atoms with van der Waals surface area (Å²) in [6.07, 6.45) is 7.45. The number of nitrogens with zero attached hydrogens (tertiary/aromatic N) is 5. The molecule has 0 aliphatic heterocycles. The molecule has 2 amide bonds. The van der Waals surface area contributed by atoms with Gasteiger partial charge in [0, 0.05) is 49.5 Å². The van der Waals surface area contributed by atoms with E-state index in [1.165, 1.54) is 19.1 Å². The van der Waals surface area contributed by atoms with Crippen LogP contribution in [0.3, 0.4) is 0 Å². The Labute approximate surface area is 255 Å². The lowest BCUT2D eigenvalue weighted by Gasteiger charge is -2.33. The Morgan fingerprint density at radius 3 is 2.47 bits per heavy atom. The summed E-state index contributed by atoms with van der Waals surface area (Å²) >= 11 is 6.46. The fourth-order valence-electron chi connectivity index (χ4n) is 5.53. The largest absolute Gasteiger partial charge is 0.495 e. The number of hydrogen-bond donors (Lipinski definition) is 1. The van der Waals surface area contributed by atoms with Gasteiger partial charge in [0.2, 0.25) is 11.8 Å². The highest BCUT2D eigenvalue weighted by atomic mass is 35.5. The SMILES string of the molecule is COc1ccc(-c2nc(-c3ccncc3)nn2CCN(C(=O)[C@H](Cc2ccc(F)cc2)NC(C)=O)C2CCCC2)cc1Cl. The van der Waals surface area contributed by atoms with E-state index >= 15 is 0 Å². The van der Waals surface area contributed by atoms with E-state index in [0.29, 0.717) is 35.5 Å². The third-order valence-electron chi connectivity index (χ3n) is 7.65. The third kappa shape index (κ3) is 7.37. The highest BCUT2D eigenvalue weighted by Gasteiger charge is 2.32. The number of hydrogen-bond acceptors (Lipinski definition) is 6. The van der Waals surface area contributed by atoms with E-state index in [2.05, 4.69) is 10.3 Å². The van der Waals surface area contributed by atoms with Gasteiger partial charge in [-0.15, -0.1) is 0 Å². The van der Waals surface area contributed by atoms with Crippen LogP contribution in [0, 0.1) is 5.82 Å². The average molecular weight is 605 g/mol. The van der Waals surface area contributed by atoms with Gasteiger partial charge in [-0.25, -0.2) is 14.1 Å². The van der Waals surface area contributed by atoms with Gasteiger partial charge in [-0.05, 0) is 60.9 Å². The van der Waals surface area contributed by atoms with Crippen LogP contribution in [0.1, 0.15) is 38.2 Å².